The fourth-order valence-electron chi connectivity index (χ4n) is 2.45. The summed E-state index contributed by atoms with van der Waals surface area (Å²) in [4.78, 5) is 18.6. The van der Waals surface area contributed by atoms with Gasteiger partial charge in [-0.2, -0.15) is 0 Å². The van der Waals surface area contributed by atoms with E-state index in [1.54, 1.807) is 11.3 Å². The van der Waals surface area contributed by atoms with Gasteiger partial charge in [0.2, 0.25) is 5.91 Å². The molecule has 1 N–H and O–H groups in total. The average Bonchev–Trinajstić information content (AvgIpc) is 3.15. The van der Waals surface area contributed by atoms with Gasteiger partial charge in [0, 0.05) is 25.4 Å². The highest BCUT2D eigenvalue weighted by Crippen LogP contribution is 2.47. The molecule has 1 saturated carbocycles. The highest BCUT2D eigenvalue weighted by molar-refractivity contribution is 7.13. The Morgan fingerprint density at radius 3 is 2.81 bits per heavy atom. The standard InChI is InChI=1S/C16H19N3OS/c1-19(2)16-18-12(10-21-16)9-17-15(20)14-8-13(14)11-6-4-3-5-7-11/h3-7,10,13-14H,8-9H2,1-2H3,(H,17,20)/t13-,14+/m1/s1. The van der Waals surface area contributed by atoms with Crippen molar-refractivity contribution in [3.05, 3.63) is 47.0 Å². The Labute approximate surface area is 128 Å². The largest absolute Gasteiger partial charge is 0.354 e. The molecule has 1 heterocycles. The van der Waals surface area contributed by atoms with E-state index in [1.807, 2.05) is 42.6 Å². The van der Waals surface area contributed by atoms with Crippen LogP contribution in [0.3, 0.4) is 0 Å². The van der Waals surface area contributed by atoms with Gasteiger partial charge >= 0.3 is 0 Å². The van der Waals surface area contributed by atoms with Crippen molar-refractivity contribution in [2.75, 3.05) is 19.0 Å². The number of nitrogens with zero attached hydrogens (tertiary/aromatic N) is 2. The van der Waals surface area contributed by atoms with E-state index in [9.17, 15) is 4.79 Å². The number of carbonyl (C=O) groups excluding carboxylic acids is 1. The summed E-state index contributed by atoms with van der Waals surface area (Å²) in [6.07, 6.45) is 0.954. The Balaban J connectivity index is 1.51. The van der Waals surface area contributed by atoms with Gasteiger partial charge in [-0.05, 0) is 17.9 Å². The number of rotatable bonds is 5. The zero-order valence-corrected chi connectivity index (χ0v) is 13.1. The molecular weight excluding hydrogens is 282 g/mol. The van der Waals surface area contributed by atoms with Crippen molar-refractivity contribution in [2.45, 2.75) is 18.9 Å². The third-order valence-electron chi connectivity index (χ3n) is 3.72. The van der Waals surface area contributed by atoms with Crippen LogP contribution in [0.2, 0.25) is 0 Å². The topological polar surface area (TPSA) is 45.2 Å². The summed E-state index contributed by atoms with van der Waals surface area (Å²) in [5.41, 5.74) is 2.19. The van der Waals surface area contributed by atoms with Gasteiger partial charge in [0.15, 0.2) is 5.13 Å². The number of hydrogen-bond donors (Lipinski definition) is 1. The molecule has 0 radical (unpaired) electrons. The summed E-state index contributed by atoms with van der Waals surface area (Å²) in [5, 5.41) is 5.96. The van der Waals surface area contributed by atoms with Gasteiger partial charge in [0.1, 0.15) is 0 Å². The Hall–Kier alpha value is -1.88. The molecule has 1 aromatic heterocycles. The van der Waals surface area contributed by atoms with Crippen LogP contribution >= 0.6 is 11.3 Å². The average molecular weight is 301 g/mol. The van der Waals surface area contributed by atoms with Crippen LogP contribution < -0.4 is 10.2 Å². The van der Waals surface area contributed by atoms with Gasteiger partial charge in [-0.15, -0.1) is 11.3 Å². The summed E-state index contributed by atoms with van der Waals surface area (Å²) < 4.78 is 0. The number of anilines is 1. The molecule has 0 aliphatic heterocycles. The van der Waals surface area contributed by atoms with Gasteiger partial charge in [-0.3, -0.25) is 4.79 Å². The second-order valence-electron chi connectivity index (χ2n) is 5.59. The molecular formula is C16H19N3OS. The molecule has 2 atom stereocenters. The number of amides is 1. The van der Waals surface area contributed by atoms with Crippen molar-refractivity contribution in [1.82, 2.24) is 10.3 Å². The normalized spacial score (nSPS) is 20.1. The fourth-order valence-corrected chi connectivity index (χ4v) is 3.20. The summed E-state index contributed by atoms with van der Waals surface area (Å²) in [6, 6.07) is 10.3. The van der Waals surface area contributed by atoms with E-state index in [-0.39, 0.29) is 11.8 Å². The van der Waals surface area contributed by atoms with Crippen molar-refractivity contribution in [1.29, 1.82) is 0 Å². The van der Waals surface area contributed by atoms with Crippen molar-refractivity contribution in [3.63, 3.8) is 0 Å². The lowest BCUT2D eigenvalue weighted by Gasteiger charge is -2.06. The lowest BCUT2D eigenvalue weighted by molar-refractivity contribution is -0.122. The van der Waals surface area contributed by atoms with E-state index < -0.39 is 0 Å². The van der Waals surface area contributed by atoms with Crippen LogP contribution in [0.5, 0.6) is 0 Å². The van der Waals surface area contributed by atoms with E-state index in [0.717, 1.165) is 17.2 Å². The summed E-state index contributed by atoms with van der Waals surface area (Å²) >= 11 is 1.59. The highest BCUT2D eigenvalue weighted by atomic mass is 32.1. The van der Waals surface area contributed by atoms with Crippen molar-refractivity contribution in [3.8, 4) is 0 Å². The molecule has 0 saturated heterocycles. The third kappa shape index (κ3) is 3.24. The zero-order chi connectivity index (χ0) is 14.8. The summed E-state index contributed by atoms with van der Waals surface area (Å²) in [6.45, 7) is 0.515. The molecule has 0 spiro atoms. The van der Waals surface area contributed by atoms with Gasteiger partial charge in [0.05, 0.1) is 12.2 Å². The number of aromatic nitrogens is 1. The van der Waals surface area contributed by atoms with Crippen LogP contribution in [-0.2, 0) is 11.3 Å². The number of nitrogens with one attached hydrogen (secondary N) is 1. The molecule has 4 nitrogen and oxygen atoms in total. The lowest BCUT2D eigenvalue weighted by atomic mass is 10.1. The van der Waals surface area contributed by atoms with E-state index in [0.29, 0.717) is 12.5 Å². The number of hydrogen-bond acceptors (Lipinski definition) is 4. The molecule has 1 aliphatic rings. The van der Waals surface area contributed by atoms with Crippen molar-refractivity contribution >= 4 is 22.4 Å². The van der Waals surface area contributed by atoms with Crippen LogP contribution in [0.1, 0.15) is 23.6 Å². The Morgan fingerprint density at radius 2 is 2.14 bits per heavy atom. The second kappa shape index (κ2) is 5.85. The minimum Gasteiger partial charge on any atom is -0.354 e. The van der Waals surface area contributed by atoms with Gasteiger partial charge < -0.3 is 10.2 Å². The highest BCUT2D eigenvalue weighted by Gasteiger charge is 2.43. The number of benzene rings is 1. The van der Waals surface area contributed by atoms with E-state index in [4.69, 9.17) is 0 Å². The van der Waals surface area contributed by atoms with Crippen LogP contribution in [0.15, 0.2) is 35.7 Å². The molecule has 5 heteroatoms. The first-order valence-corrected chi connectivity index (χ1v) is 7.97. The second-order valence-corrected chi connectivity index (χ2v) is 6.43. The molecule has 2 aromatic rings. The maximum atomic E-state index is 12.2. The molecule has 3 rings (SSSR count). The van der Waals surface area contributed by atoms with Gasteiger partial charge in [0.25, 0.3) is 0 Å². The Kier molecular flexibility index (Phi) is 3.92. The smallest absolute Gasteiger partial charge is 0.224 e. The Bertz CT molecular complexity index is 623. The van der Waals surface area contributed by atoms with Crippen molar-refractivity contribution in [2.24, 2.45) is 5.92 Å². The van der Waals surface area contributed by atoms with Crippen LogP contribution in [0, 0.1) is 5.92 Å². The first-order chi connectivity index (χ1) is 10.1. The maximum absolute atomic E-state index is 12.2. The lowest BCUT2D eigenvalue weighted by Crippen LogP contribution is -2.25. The Morgan fingerprint density at radius 1 is 1.38 bits per heavy atom. The monoisotopic (exact) mass is 301 g/mol. The minimum absolute atomic E-state index is 0.124. The first-order valence-electron chi connectivity index (χ1n) is 7.09. The number of carbonyl (C=O) groups is 1. The van der Waals surface area contributed by atoms with E-state index in [1.165, 1.54) is 5.56 Å². The predicted octanol–water partition coefficient (Wildman–Crippen LogP) is 2.63. The van der Waals surface area contributed by atoms with Crippen LogP contribution in [0.25, 0.3) is 0 Å². The summed E-state index contributed by atoms with van der Waals surface area (Å²) in [7, 11) is 3.94. The molecule has 110 valence electrons. The first kappa shape index (κ1) is 14.1. The zero-order valence-electron chi connectivity index (χ0n) is 12.2. The van der Waals surface area contributed by atoms with Crippen LogP contribution in [0.4, 0.5) is 5.13 Å². The fraction of sp³-hybridized carbons (Fsp3) is 0.375. The summed E-state index contributed by atoms with van der Waals surface area (Å²) in [5.74, 6) is 0.654. The molecule has 21 heavy (non-hydrogen) atoms. The molecule has 1 fully saturated rings. The maximum Gasteiger partial charge on any atom is 0.224 e. The van der Waals surface area contributed by atoms with E-state index >= 15 is 0 Å². The quantitative estimate of drug-likeness (QED) is 0.923. The van der Waals surface area contributed by atoms with Gasteiger partial charge in [-0.25, -0.2) is 4.98 Å². The SMILES string of the molecule is CN(C)c1nc(CNC(=O)[C@H]2C[C@@H]2c2ccccc2)cs1. The van der Waals surface area contributed by atoms with Crippen molar-refractivity contribution < 1.29 is 4.79 Å². The molecule has 0 bridgehead atoms. The molecule has 1 aliphatic carbocycles. The van der Waals surface area contributed by atoms with Crippen LogP contribution in [-0.4, -0.2) is 25.0 Å². The van der Waals surface area contributed by atoms with Gasteiger partial charge in [-0.1, -0.05) is 30.3 Å². The molecule has 0 unspecified atom stereocenters. The molecule has 1 amide bonds. The predicted molar refractivity (Wildman–Crippen MR) is 85.6 cm³/mol. The molecule has 1 aromatic carbocycles. The number of thiazole rings is 1. The third-order valence-corrected chi connectivity index (χ3v) is 4.78. The van der Waals surface area contributed by atoms with E-state index in [2.05, 4.69) is 22.4 Å². The minimum atomic E-state index is 0.124.